The van der Waals surface area contributed by atoms with Gasteiger partial charge in [-0.15, -0.1) is 13.2 Å². The van der Waals surface area contributed by atoms with Crippen LogP contribution < -0.4 is 4.74 Å². The maximum absolute atomic E-state index is 12.6. The number of alkyl halides is 3. The van der Waals surface area contributed by atoms with E-state index in [-0.39, 0.29) is 17.0 Å². The molecule has 0 fully saturated rings. The number of hydrogen-bond acceptors (Lipinski definition) is 2. The lowest BCUT2D eigenvalue weighted by atomic mass is 10.0. The molecule has 7 heteroatoms. The van der Waals surface area contributed by atoms with Gasteiger partial charge in [0.15, 0.2) is 0 Å². The summed E-state index contributed by atoms with van der Waals surface area (Å²) in [6.07, 6.45) is -4.81. The quantitative estimate of drug-likeness (QED) is 0.750. The molecule has 4 nitrogen and oxygen atoms in total. The van der Waals surface area contributed by atoms with Crippen molar-refractivity contribution in [2.45, 2.75) is 6.36 Å². The van der Waals surface area contributed by atoms with Crippen molar-refractivity contribution in [2.75, 3.05) is 0 Å². The summed E-state index contributed by atoms with van der Waals surface area (Å²) in [6.45, 7) is 0. The number of benzene rings is 2. The average molecular weight is 321 g/mol. The highest BCUT2D eigenvalue weighted by Crippen LogP contribution is 2.37. The number of para-hydroxylation sites is 2. The van der Waals surface area contributed by atoms with Gasteiger partial charge in [-0.25, -0.2) is 4.79 Å². The first kappa shape index (κ1) is 15.0. The fraction of sp³-hybridized carbons (Fsp3) is 0.0625. The number of aromatic nitrogens is 1. The molecule has 3 aromatic rings. The number of nitrogens with one attached hydrogen (secondary N) is 1. The predicted molar refractivity (Wildman–Crippen MR) is 77.4 cm³/mol. The first-order valence-electron chi connectivity index (χ1n) is 6.55. The summed E-state index contributed by atoms with van der Waals surface area (Å²) < 4.78 is 41.7. The number of carbonyl (C=O) groups is 1. The SMILES string of the molecule is O=C(O)c1cc2cccc(-c3ccccc3OC(F)(F)F)c2[nH]1. The lowest BCUT2D eigenvalue weighted by Gasteiger charge is -2.13. The van der Waals surface area contributed by atoms with Crippen molar-refractivity contribution >= 4 is 16.9 Å². The van der Waals surface area contributed by atoms with E-state index >= 15 is 0 Å². The number of rotatable bonds is 3. The number of hydrogen-bond donors (Lipinski definition) is 2. The van der Waals surface area contributed by atoms with Gasteiger partial charge >= 0.3 is 12.3 Å². The van der Waals surface area contributed by atoms with E-state index in [9.17, 15) is 18.0 Å². The number of carboxylic acid groups (broad SMARTS) is 1. The van der Waals surface area contributed by atoms with Crippen molar-refractivity contribution in [2.24, 2.45) is 0 Å². The van der Waals surface area contributed by atoms with Gasteiger partial charge in [0.05, 0.1) is 5.52 Å². The molecule has 0 amide bonds. The number of halogens is 3. The Labute approximate surface area is 128 Å². The van der Waals surface area contributed by atoms with Crippen LogP contribution in [-0.2, 0) is 0 Å². The second kappa shape index (κ2) is 5.35. The standard InChI is InChI=1S/C16H10F3NO3/c17-16(18,19)23-13-7-2-1-5-10(13)11-6-3-4-9-8-12(15(21)22)20-14(9)11/h1-8,20H,(H,21,22). The molecule has 118 valence electrons. The first-order chi connectivity index (χ1) is 10.8. The van der Waals surface area contributed by atoms with Crippen LogP contribution in [0.2, 0.25) is 0 Å². The van der Waals surface area contributed by atoms with Crippen molar-refractivity contribution in [3.8, 4) is 16.9 Å². The Morgan fingerprint density at radius 1 is 1.04 bits per heavy atom. The van der Waals surface area contributed by atoms with E-state index in [0.717, 1.165) is 0 Å². The summed E-state index contributed by atoms with van der Waals surface area (Å²) in [6, 6.07) is 12.0. The molecule has 0 aliphatic heterocycles. The minimum atomic E-state index is -4.81. The lowest BCUT2D eigenvalue weighted by molar-refractivity contribution is -0.274. The zero-order valence-corrected chi connectivity index (χ0v) is 11.5. The monoisotopic (exact) mass is 321 g/mol. The molecule has 1 heterocycles. The molecule has 0 aliphatic rings. The summed E-state index contributed by atoms with van der Waals surface area (Å²) in [4.78, 5) is 13.8. The molecule has 23 heavy (non-hydrogen) atoms. The minimum Gasteiger partial charge on any atom is -0.477 e. The van der Waals surface area contributed by atoms with Gasteiger partial charge in [-0.05, 0) is 12.1 Å². The van der Waals surface area contributed by atoms with Gasteiger partial charge in [0.25, 0.3) is 0 Å². The van der Waals surface area contributed by atoms with Crippen molar-refractivity contribution in [1.82, 2.24) is 4.98 Å². The molecule has 3 rings (SSSR count). The molecular formula is C16H10F3NO3. The van der Waals surface area contributed by atoms with Gasteiger partial charge in [-0.2, -0.15) is 0 Å². The van der Waals surface area contributed by atoms with Crippen LogP contribution >= 0.6 is 0 Å². The van der Waals surface area contributed by atoms with Crippen LogP contribution in [0.3, 0.4) is 0 Å². The summed E-state index contributed by atoms with van der Waals surface area (Å²) >= 11 is 0. The molecule has 0 atom stereocenters. The maximum atomic E-state index is 12.6. The molecule has 2 aromatic carbocycles. The number of ether oxygens (including phenoxy) is 1. The number of aromatic amines is 1. The molecule has 0 saturated carbocycles. The van der Waals surface area contributed by atoms with E-state index in [1.807, 2.05) is 0 Å². The molecule has 0 bridgehead atoms. The number of carboxylic acids is 1. The zero-order chi connectivity index (χ0) is 16.6. The number of fused-ring (bicyclic) bond motifs is 1. The van der Waals surface area contributed by atoms with Gasteiger partial charge in [0.1, 0.15) is 11.4 Å². The first-order valence-corrected chi connectivity index (χ1v) is 6.55. The average Bonchev–Trinajstić information content (AvgIpc) is 2.90. The molecule has 2 N–H and O–H groups in total. The maximum Gasteiger partial charge on any atom is 0.573 e. The van der Waals surface area contributed by atoms with Crippen molar-refractivity contribution in [3.63, 3.8) is 0 Å². The summed E-state index contributed by atoms with van der Waals surface area (Å²) in [7, 11) is 0. The van der Waals surface area contributed by atoms with Crippen molar-refractivity contribution in [3.05, 3.63) is 54.2 Å². The summed E-state index contributed by atoms with van der Waals surface area (Å²) in [5.74, 6) is -1.49. The molecule has 0 saturated heterocycles. The molecular weight excluding hydrogens is 311 g/mol. The second-order valence-corrected chi connectivity index (χ2v) is 4.80. The Hall–Kier alpha value is -2.96. The van der Waals surface area contributed by atoms with Gasteiger partial charge in [-0.3, -0.25) is 0 Å². The zero-order valence-electron chi connectivity index (χ0n) is 11.5. The fourth-order valence-corrected chi connectivity index (χ4v) is 2.40. The Bertz CT molecular complexity index is 884. The van der Waals surface area contributed by atoms with Crippen LogP contribution in [0.15, 0.2) is 48.5 Å². The van der Waals surface area contributed by atoms with Gasteiger partial charge in [0, 0.05) is 16.5 Å². The predicted octanol–water partition coefficient (Wildman–Crippen LogP) is 4.43. The topological polar surface area (TPSA) is 62.3 Å². The Kier molecular flexibility index (Phi) is 3.48. The number of H-pyrrole nitrogens is 1. The van der Waals surface area contributed by atoms with E-state index in [0.29, 0.717) is 16.5 Å². The van der Waals surface area contributed by atoms with E-state index in [1.54, 1.807) is 24.3 Å². The van der Waals surface area contributed by atoms with E-state index in [2.05, 4.69) is 9.72 Å². The second-order valence-electron chi connectivity index (χ2n) is 4.80. The van der Waals surface area contributed by atoms with Crippen LogP contribution in [0.5, 0.6) is 5.75 Å². The largest absolute Gasteiger partial charge is 0.573 e. The Morgan fingerprint density at radius 3 is 2.43 bits per heavy atom. The summed E-state index contributed by atoms with van der Waals surface area (Å²) in [5.41, 5.74) is 1.04. The van der Waals surface area contributed by atoms with E-state index in [4.69, 9.17) is 5.11 Å². The van der Waals surface area contributed by atoms with Crippen LogP contribution in [-0.4, -0.2) is 22.4 Å². The molecule has 0 aliphatic carbocycles. The highest BCUT2D eigenvalue weighted by atomic mass is 19.4. The van der Waals surface area contributed by atoms with Crippen LogP contribution in [0.25, 0.3) is 22.0 Å². The highest BCUT2D eigenvalue weighted by Gasteiger charge is 2.32. The Balaban J connectivity index is 2.19. The van der Waals surface area contributed by atoms with Crippen LogP contribution in [0.4, 0.5) is 13.2 Å². The van der Waals surface area contributed by atoms with Gasteiger partial charge in [-0.1, -0.05) is 36.4 Å². The molecule has 0 radical (unpaired) electrons. The third-order valence-corrected chi connectivity index (χ3v) is 3.29. The van der Waals surface area contributed by atoms with Crippen molar-refractivity contribution in [1.29, 1.82) is 0 Å². The normalized spacial score (nSPS) is 11.6. The number of aromatic carboxylic acids is 1. The smallest absolute Gasteiger partial charge is 0.477 e. The minimum absolute atomic E-state index is 0.0401. The van der Waals surface area contributed by atoms with Crippen LogP contribution in [0.1, 0.15) is 10.5 Å². The molecule has 0 unspecified atom stereocenters. The fourth-order valence-electron chi connectivity index (χ4n) is 2.40. The van der Waals surface area contributed by atoms with E-state index < -0.39 is 12.3 Å². The highest BCUT2D eigenvalue weighted by molar-refractivity contribution is 6.00. The third-order valence-electron chi connectivity index (χ3n) is 3.29. The Morgan fingerprint density at radius 2 is 1.74 bits per heavy atom. The van der Waals surface area contributed by atoms with Gasteiger partial charge in [0.2, 0.25) is 0 Å². The van der Waals surface area contributed by atoms with E-state index in [1.165, 1.54) is 24.3 Å². The van der Waals surface area contributed by atoms with Crippen molar-refractivity contribution < 1.29 is 27.8 Å². The third kappa shape index (κ3) is 2.98. The molecule has 0 spiro atoms. The van der Waals surface area contributed by atoms with Gasteiger partial charge < -0.3 is 14.8 Å². The summed E-state index contributed by atoms with van der Waals surface area (Å²) in [5, 5.41) is 9.63. The molecule has 1 aromatic heterocycles. The lowest BCUT2D eigenvalue weighted by Crippen LogP contribution is -2.17. The van der Waals surface area contributed by atoms with Crippen LogP contribution in [0, 0.1) is 0 Å².